The minimum Gasteiger partial charge on any atom is -0.357 e. The topological polar surface area (TPSA) is 16.1 Å². The zero-order valence-electron chi connectivity index (χ0n) is 8.12. The Kier molecular flexibility index (Phi) is 3.06. The van der Waals surface area contributed by atoms with Crippen molar-refractivity contribution in [2.45, 2.75) is 12.8 Å². The fourth-order valence-corrected chi connectivity index (χ4v) is 1.95. The first-order valence-electron chi connectivity index (χ1n) is 4.95. The first-order chi connectivity index (χ1) is 6.75. The molecule has 2 rings (SSSR count). The third-order valence-electron chi connectivity index (χ3n) is 2.65. The predicted octanol–water partition coefficient (Wildman–Crippen LogP) is 2.89. The smallest absolute Gasteiger partial charge is 0.128 e. The fraction of sp³-hybridized carbons (Fsp3) is 0.455. The lowest BCUT2D eigenvalue weighted by Gasteiger charge is -2.31. The molecule has 0 saturated carbocycles. The quantitative estimate of drug-likeness (QED) is 0.766. The Labute approximate surface area is 93.5 Å². The minimum absolute atomic E-state index is 0.627. The van der Waals surface area contributed by atoms with Crippen LogP contribution >= 0.6 is 15.9 Å². The van der Waals surface area contributed by atoms with Crippen molar-refractivity contribution in [1.29, 1.82) is 0 Å². The average Bonchev–Trinajstić information content (AvgIpc) is 2.21. The van der Waals surface area contributed by atoms with Gasteiger partial charge in [0.15, 0.2) is 0 Å². The number of aromatic nitrogens is 1. The number of pyridine rings is 1. The number of hydrogen-bond donors (Lipinski definition) is 0. The lowest BCUT2D eigenvalue weighted by Crippen LogP contribution is -2.33. The van der Waals surface area contributed by atoms with Crippen LogP contribution in [-0.4, -0.2) is 18.1 Å². The van der Waals surface area contributed by atoms with E-state index in [0.29, 0.717) is 5.92 Å². The number of rotatable bonds is 1. The van der Waals surface area contributed by atoms with Gasteiger partial charge in [0.2, 0.25) is 0 Å². The van der Waals surface area contributed by atoms with Crippen molar-refractivity contribution in [3.05, 3.63) is 29.7 Å². The summed E-state index contributed by atoms with van der Waals surface area (Å²) in [4.78, 5) is 6.71. The highest BCUT2D eigenvalue weighted by Gasteiger charge is 2.16. The monoisotopic (exact) mass is 253 g/mol. The van der Waals surface area contributed by atoms with Crippen LogP contribution in [0.4, 0.5) is 5.82 Å². The molecule has 1 aliphatic rings. The first kappa shape index (κ1) is 9.97. The number of piperidine rings is 1. The molecule has 0 atom stereocenters. The third-order valence-corrected chi connectivity index (χ3v) is 3.12. The highest BCUT2D eigenvalue weighted by Crippen LogP contribution is 2.21. The van der Waals surface area contributed by atoms with E-state index in [4.69, 9.17) is 0 Å². The number of anilines is 1. The van der Waals surface area contributed by atoms with Crippen LogP contribution < -0.4 is 4.90 Å². The first-order valence-corrected chi connectivity index (χ1v) is 5.74. The molecule has 3 heteroatoms. The van der Waals surface area contributed by atoms with E-state index in [2.05, 4.69) is 38.8 Å². The highest BCUT2D eigenvalue weighted by atomic mass is 79.9. The van der Waals surface area contributed by atoms with Crippen molar-refractivity contribution in [1.82, 2.24) is 4.98 Å². The molecule has 1 saturated heterocycles. The Bertz CT molecular complexity index is 289. The minimum atomic E-state index is 0.627. The molecular formula is C11H14BrN2. The van der Waals surface area contributed by atoms with Crippen LogP contribution in [0.25, 0.3) is 0 Å². The second-order valence-electron chi connectivity index (χ2n) is 3.77. The molecule has 75 valence electrons. The number of nitrogens with zero attached hydrogens (tertiary/aromatic N) is 2. The zero-order valence-corrected chi connectivity index (χ0v) is 9.70. The predicted molar refractivity (Wildman–Crippen MR) is 62.2 cm³/mol. The molecule has 0 spiro atoms. The second kappa shape index (κ2) is 4.30. The molecule has 14 heavy (non-hydrogen) atoms. The van der Waals surface area contributed by atoms with E-state index in [1.54, 1.807) is 0 Å². The van der Waals surface area contributed by atoms with E-state index in [1.807, 2.05) is 12.3 Å². The summed E-state index contributed by atoms with van der Waals surface area (Å²) in [5.74, 6) is 1.71. The van der Waals surface area contributed by atoms with Crippen molar-refractivity contribution in [2.75, 3.05) is 18.0 Å². The summed E-state index contributed by atoms with van der Waals surface area (Å²) in [6.07, 6.45) is 4.21. The maximum atomic E-state index is 4.39. The van der Waals surface area contributed by atoms with Gasteiger partial charge in [-0.3, -0.25) is 0 Å². The van der Waals surface area contributed by atoms with Crippen molar-refractivity contribution in [2.24, 2.45) is 5.92 Å². The summed E-state index contributed by atoms with van der Waals surface area (Å²) >= 11 is 3.39. The van der Waals surface area contributed by atoms with Gasteiger partial charge in [0.1, 0.15) is 5.82 Å². The van der Waals surface area contributed by atoms with Crippen molar-refractivity contribution in [3.8, 4) is 0 Å². The van der Waals surface area contributed by atoms with Crippen molar-refractivity contribution in [3.63, 3.8) is 0 Å². The standard InChI is InChI=1S/C11H14BrN2/c1-9-4-6-14(7-5-9)11-3-2-10(12)8-13-11/h2-3,8-9H,1,4-7H2. The molecule has 0 aliphatic carbocycles. The van der Waals surface area contributed by atoms with Crippen LogP contribution in [0.15, 0.2) is 22.8 Å². The molecule has 1 radical (unpaired) electrons. The third kappa shape index (κ3) is 2.27. The van der Waals surface area contributed by atoms with Crippen LogP contribution in [0.2, 0.25) is 0 Å². The van der Waals surface area contributed by atoms with E-state index >= 15 is 0 Å². The van der Waals surface area contributed by atoms with Gasteiger partial charge in [-0.2, -0.15) is 0 Å². The molecule has 2 heterocycles. The van der Waals surface area contributed by atoms with E-state index < -0.39 is 0 Å². The van der Waals surface area contributed by atoms with Crippen LogP contribution in [-0.2, 0) is 0 Å². The normalized spacial score (nSPS) is 18.6. The van der Waals surface area contributed by atoms with E-state index in [1.165, 1.54) is 12.8 Å². The van der Waals surface area contributed by atoms with E-state index in [-0.39, 0.29) is 0 Å². The maximum absolute atomic E-state index is 4.39. The maximum Gasteiger partial charge on any atom is 0.128 e. The van der Waals surface area contributed by atoms with Crippen LogP contribution in [0.5, 0.6) is 0 Å². The summed E-state index contributed by atoms with van der Waals surface area (Å²) in [7, 11) is 0. The Morgan fingerprint density at radius 3 is 2.64 bits per heavy atom. The molecule has 1 aliphatic heterocycles. The highest BCUT2D eigenvalue weighted by molar-refractivity contribution is 9.10. The molecule has 0 aromatic carbocycles. The number of halogens is 1. The van der Waals surface area contributed by atoms with Crippen molar-refractivity contribution < 1.29 is 0 Å². The summed E-state index contributed by atoms with van der Waals surface area (Å²) in [5.41, 5.74) is 0. The molecule has 0 amide bonds. The Balaban J connectivity index is 2.05. The van der Waals surface area contributed by atoms with Crippen LogP contribution in [0.1, 0.15) is 12.8 Å². The molecule has 2 nitrogen and oxygen atoms in total. The van der Waals surface area contributed by atoms with Gasteiger partial charge in [-0.1, -0.05) is 6.92 Å². The Hall–Kier alpha value is -0.570. The van der Waals surface area contributed by atoms with Gasteiger partial charge in [-0.25, -0.2) is 4.98 Å². The molecule has 0 N–H and O–H groups in total. The Morgan fingerprint density at radius 1 is 1.36 bits per heavy atom. The van der Waals surface area contributed by atoms with Crippen molar-refractivity contribution >= 4 is 21.7 Å². The van der Waals surface area contributed by atoms with Gasteiger partial charge in [-0.15, -0.1) is 0 Å². The summed E-state index contributed by atoms with van der Waals surface area (Å²) < 4.78 is 1.04. The lowest BCUT2D eigenvalue weighted by atomic mass is 9.99. The molecular weight excluding hydrogens is 240 g/mol. The van der Waals surface area contributed by atoms with Gasteiger partial charge in [0, 0.05) is 23.8 Å². The molecule has 1 fully saturated rings. The van der Waals surface area contributed by atoms with Crippen LogP contribution in [0.3, 0.4) is 0 Å². The van der Waals surface area contributed by atoms with E-state index in [0.717, 1.165) is 23.4 Å². The summed E-state index contributed by atoms with van der Waals surface area (Å²) in [6.45, 7) is 6.26. The largest absolute Gasteiger partial charge is 0.357 e. The van der Waals surface area contributed by atoms with E-state index in [9.17, 15) is 0 Å². The fourth-order valence-electron chi connectivity index (χ4n) is 1.72. The van der Waals surface area contributed by atoms with Gasteiger partial charge in [-0.05, 0) is 46.8 Å². The summed E-state index contributed by atoms with van der Waals surface area (Å²) in [6, 6.07) is 4.10. The summed E-state index contributed by atoms with van der Waals surface area (Å²) in [5, 5.41) is 0. The molecule has 0 bridgehead atoms. The Morgan fingerprint density at radius 2 is 2.07 bits per heavy atom. The number of hydrogen-bond acceptors (Lipinski definition) is 2. The lowest BCUT2D eigenvalue weighted by molar-refractivity contribution is 0.473. The van der Waals surface area contributed by atoms with Gasteiger partial charge in [0.05, 0.1) is 0 Å². The molecule has 0 unspecified atom stereocenters. The molecule has 1 aromatic heterocycles. The van der Waals surface area contributed by atoms with Crippen LogP contribution in [0, 0.1) is 12.8 Å². The average molecular weight is 254 g/mol. The second-order valence-corrected chi connectivity index (χ2v) is 4.68. The SMILES string of the molecule is [CH2]C1CCN(c2ccc(Br)cn2)CC1. The van der Waals surface area contributed by atoms with Gasteiger partial charge in [0.25, 0.3) is 0 Å². The molecule has 1 aromatic rings. The zero-order chi connectivity index (χ0) is 9.97. The van der Waals surface area contributed by atoms with Gasteiger partial charge < -0.3 is 4.90 Å². The van der Waals surface area contributed by atoms with Gasteiger partial charge >= 0.3 is 0 Å².